The second-order valence-corrected chi connectivity index (χ2v) is 9.53. The number of esters is 1. The lowest BCUT2D eigenvalue weighted by atomic mass is 9.63. The van der Waals surface area contributed by atoms with Gasteiger partial charge in [-0.2, -0.15) is 0 Å². The van der Waals surface area contributed by atoms with Crippen LogP contribution in [0, 0.1) is 16.7 Å². The van der Waals surface area contributed by atoms with E-state index in [1.807, 2.05) is 30.3 Å². The predicted octanol–water partition coefficient (Wildman–Crippen LogP) is 3.67. The van der Waals surface area contributed by atoms with Crippen molar-refractivity contribution in [3.63, 3.8) is 0 Å². The maximum atomic E-state index is 13.2. The molecule has 1 N–H and O–H groups in total. The highest BCUT2D eigenvalue weighted by Gasteiger charge is 2.73. The monoisotopic (exact) mass is 400 g/mol. The summed E-state index contributed by atoms with van der Waals surface area (Å²) in [6.07, 6.45) is 2.27. The van der Waals surface area contributed by atoms with Crippen molar-refractivity contribution in [2.75, 3.05) is 32.7 Å². The van der Waals surface area contributed by atoms with Crippen LogP contribution in [0.25, 0.3) is 0 Å². The third kappa shape index (κ3) is 2.79. The Kier molecular flexibility index (Phi) is 4.69. The van der Waals surface area contributed by atoms with Gasteiger partial charge in [-0.05, 0) is 31.4 Å². The second-order valence-electron chi connectivity index (χ2n) is 9.53. The standard InChI is InChI=1S/C23H32N2O4/c1-20(2)21(3,15-27-4)11-12-23(20)18(28-5)25-22(19(26)29-23)13-16(22)14-24-17-9-7-6-8-10-17/h6-10,16,24H,11-15H2,1-5H3/t16-,21+,22-,23-/m1/s1. The van der Waals surface area contributed by atoms with Gasteiger partial charge in [-0.1, -0.05) is 39.0 Å². The van der Waals surface area contributed by atoms with E-state index in [0.717, 1.165) is 12.1 Å². The Bertz CT molecular complexity index is 823. The number of hydrogen-bond donors (Lipinski definition) is 1. The molecule has 2 spiro atoms. The summed E-state index contributed by atoms with van der Waals surface area (Å²) in [5.74, 6) is 0.449. The summed E-state index contributed by atoms with van der Waals surface area (Å²) in [5, 5.41) is 3.40. The van der Waals surface area contributed by atoms with E-state index in [1.165, 1.54) is 0 Å². The highest BCUT2D eigenvalue weighted by Crippen LogP contribution is 2.63. The molecule has 2 saturated carbocycles. The van der Waals surface area contributed by atoms with Gasteiger partial charge in [0.2, 0.25) is 5.90 Å². The molecule has 1 heterocycles. The number of benzene rings is 1. The van der Waals surface area contributed by atoms with Gasteiger partial charge in [0.1, 0.15) is 0 Å². The fourth-order valence-corrected chi connectivity index (χ4v) is 5.25. The van der Waals surface area contributed by atoms with E-state index in [-0.39, 0.29) is 22.7 Å². The van der Waals surface area contributed by atoms with Crippen LogP contribution in [-0.2, 0) is 19.0 Å². The molecule has 158 valence electrons. The Morgan fingerprint density at radius 3 is 2.55 bits per heavy atom. The number of carbonyl (C=O) groups excluding carboxylic acids is 1. The average Bonchev–Trinajstić information content (AvgIpc) is 3.37. The van der Waals surface area contributed by atoms with Crippen LogP contribution in [-0.4, -0.2) is 50.4 Å². The second kappa shape index (κ2) is 6.73. The molecule has 29 heavy (non-hydrogen) atoms. The maximum absolute atomic E-state index is 13.2. The molecule has 6 nitrogen and oxygen atoms in total. The Balaban J connectivity index is 1.59. The number of nitrogens with one attached hydrogen (secondary N) is 1. The largest absolute Gasteiger partial charge is 0.481 e. The summed E-state index contributed by atoms with van der Waals surface area (Å²) >= 11 is 0. The van der Waals surface area contributed by atoms with Crippen LogP contribution in [0.5, 0.6) is 0 Å². The van der Waals surface area contributed by atoms with E-state index >= 15 is 0 Å². The van der Waals surface area contributed by atoms with Crippen LogP contribution < -0.4 is 5.32 Å². The van der Waals surface area contributed by atoms with Crippen LogP contribution in [0.3, 0.4) is 0 Å². The van der Waals surface area contributed by atoms with Crippen LogP contribution in [0.2, 0.25) is 0 Å². The third-order valence-electron chi connectivity index (χ3n) is 7.87. The summed E-state index contributed by atoms with van der Waals surface area (Å²) in [6.45, 7) is 7.75. The Morgan fingerprint density at radius 2 is 1.90 bits per heavy atom. The Labute approximate surface area is 173 Å². The van der Waals surface area contributed by atoms with Crippen molar-refractivity contribution in [1.29, 1.82) is 0 Å². The van der Waals surface area contributed by atoms with Crippen molar-refractivity contribution in [3.8, 4) is 0 Å². The number of para-hydroxylation sites is 1. The van der Waals surface area contributed by atoms with Gasteiger partial charge in [-0.25, -0.2) is 9.79 Å². The minimum Gasteiger partial charge on any atom is -0.481 e. The van der Waals surface area contributed by atoms with Gasteiger partial charge in [0.15, 0.2) is 11.1 Å². The van der Waals surface area contributed by atoms with Crippen molar-refractivity contribution in [2.45, 2.75) is 51.2 Å². The smallest absolute Gasteiger partial charge is 0.335 e. The first-order chi connectivity index (χ1) is 13.7. The van der Waals surface area contributed by atoms with Gasteiger partial charge in [0.05, 0.1) is 13.7 Å². The summed E-state index contributed by atoms with van der Waals surface area (Å²) in [7, 11) is 3.35. The number of rotatable bonds is 5. The quantitative estimate of drug-likeness (QED) is 0.764. The van der Waals surface area contributed by atoms with E-state index in [4.69, 9.17) is 19.2 Å². The van der Waals surface area contributed by atoms with Crippen LogP contribution in [0.4, 0.5) is 5.69 Å². The molecule has 6 heteroatoms. The van der Waals surface area contributed by atoms with E-state index in [2.05, 4.69) is 26.1 Å². The molecule has 2 fully saturated rings. The highest BCUT2D eigenvalue weighted by molar-refractivity contribution is 5.99. The minimum atomic E-state index is -0.836. The lowest BCUT2D eigenvalue weighted by Crippen LogP contribution is -2.60. The van der Waals surface area contributed by atoms with Crippen LogP contribution >= 0.6 is 0 Å². The first-order valence-corrected chi connectivity index (χ1v) is 10.4. The molecule has 2 aliphatic carbocycles. The van der Waals surface area contributed by atoms with Crippen molar-refractivity contribution in [3.05, 3.63) is 30.3 Å². The summed E-state index contributed by atoms with van der Waals surface area (Å²) < 4.78 is 17.6. The number of methoxy groups -OCH3 is 2. The van der Waals surface area contributed by atoms with Gasteiger partial charge >= 0.3 is 5.97 Å². The van der Waals surface area contributed by atoms with Crippen LogP contribution in [0.15, 0.2) is 35.3 Å². The molecule has 3 aliphatic rings. The number of anilines is 1. The molecule has 0 aromatic heterocycles. The predicted molar refractivity (Wildman–Crippen MR) is 112 cm³/mol. The van der Waals surface area contributed by atoms with Crippen molar-refractivity contribution in [2.24, 2.45) is 21.7 Å². The lowest BCUT2D eigenvalue weighted by Gasteiger charge is -2.49. The molecule has 0 amide bonds. The van der Waals surface area contributed by atoms with Crippen molar-refractivity contribution in [1.82, 2.24) is 0 Å². The fraction of sp³-hybridized carbons (Fsp3) is 0.652. The van der Waals surface area contributed by atoms with Crippen molar-refractivity contribution >= 4 is 17.6 Å². The van der Waals surface area contributed by atoms with E-state index in [1.54, 1.807) is 14.2 Å². The molecule has 0 saturated heterocycles. The first kappa shape index (κ1) is 20.2. The SMILES string of the molecule is COC[C@]1(C)CC[C@]2(OC(=O)[C@]3(C[C@@H]3CNc3ccccc3)N=C2OC)C1(C)C. The van der Waals surface area contributed by atoms with E-state index in [0.29, 0.717) is 31.9 Å². The fourth-order valence-electron chi connectivity index (χ4n) is 5.25. The zero-order valence-electron chi connectivity index (χ0n) is 18.1. The van der Waals surface area contributed by atoms with Gasteiger partial charge in [-0.3, -0.25) is 0 Å². The number of carbonyl (C=O) groups is 1. The number of ether oxygens (including phenoxy) is 3. The van der Waals surface area contributed by atoms with E-state index in [9.17, 15) is 4.79 Å². The molecule has 0 radical (unpaired) electrons. The van der Waals surface area contributed by atoms with E-state index < -0.39 is 11.1 Å². The van der Waals surface area contributed by atoms with Gasteiger partial charge < -0.3 is 19.5 Å². The summed E-state index contributed by atoms with van der Waals surface area (Å²) in [5.41, 5.74) is -1.11. The average molecular weight is 401 g/mol. The summed E-state index contributed by atoms with van der Waals surface area (Å²) in [6, 6.07) is 10.0. The molecule has 1 aromatic rings. The zero-order valence-corrected chi connectivity index (χ0v) is 18.1. The number of hydrogen-bond acceptors (Lipinski definition) is 6. The number of aliphatic imine (C=N–C) groups is 1. The molecule has 0 bridgehead atoms. The zero-order chi connectivity index (χ0) is 20.9. The van der Waals surface area contributed by atoms with Gasteiger partial charge in [0.25, 0.3) is 0 Å². The normalized spacial score (nSPS) is 37.3. The highest BCUT2D eigenvalue weighted by atomic mass is 16.6. The van der Waals surface area contributed by atoms with Crippen molar-refractivity contribution < 1.29 is 19.0 Å². The Hall–Kier alpha value is -2.08. The molecular formula is C23H32N2O4. The number of nitrogens with zero attached hydrogens (tertiary/aromatic N) is 1. The molecular weight excluding hydrogens is 368 g/mol. The maximum Gasteiger partial charge on any atom is 0.335 e. The summed E-state index contributed by atoms with van der Waals surface area (Å²) in [4.78, 5) is 18.1. The molecule has 1 aliphatic heterocycles. The van der Waals surface area contributed by atoms with Gasteiger partial charge in [-0.15, -0.1) is 0 Å². The first-order valence-electron chi connectivity index (χ1n) is 10.4. The molecule has 4 rings (SSSR count). The minimum absolute atomic E-state index is 0.104. The Morgan fingerprint density at radius 1 is 1.17 bits per heavy atom. The lowest BCUT2D eigenvalue weighted by molar-refractivity contribution is -0.174. The van der Waals surface area contributed by atoms with Gasteiger partial charge in [0, 0.05) is 36.1 Å². The molecule has 1 aromatic carbocycles. The van der Waals surface area contributed by atoms with Crippen LogP contribution in [0.1, 0.15) is 40.0 Å². The molecule has 4 atom stereocenters. The topological polar surface area (TPSA) is 69.2 Å². The molecule has 0 unspecified atom stereocenters. The third-order valence-corrected chi connectivity index (χ3v) is 7.87.